The lowest BCUT2D eigenvalue weighted by Gasteiger charge is -2.20. The number of amides is 2. The number of hydrogen-bond acceptors (Lipinski definition) is 5. The summed E-state index contributed by atoms with van der Waals surface area (Å²) in [6, 6.07) is 14.2. The molecule has 12 heteroatoms. The predicted molar refractivity (Wildman–Crippen MR) is 136 cm³/mol. The van der Waals surface area contributed by atoms with E-state index in [4.69, 9.17) is 4.74 Å². The maximum atomic E-state index is 13.0. The lowest BCUT2D eigenvalue weighted by Crippen LogP contribution is -2.34. The third-order valence-electron chi connectivity index (χ3n) is 6.06. The molecule has 3 aromatic rings. The van der Waals surface area contributed by atoms with Crippen molar-refractivity contribution in [1.29, 1.82) is 0 Å². The highest BCUT2D eigenvalue weighted by atomic mass is 19.3. The number of halogens is 4. The second kappa shape index (κ2) is 12.9. The fraction of sp³-hybridized carbons (Fsp3) is 0.296. The van der Waals surface area contributed by atoms with Gasteiger partial charge in [-0.2, -0.15) is 17.6 Å². The topological polar surface area (TPSA) is 89.9 Å². The van der Waals surface area contributed by atoms with Crippen LogP contribution in [-0.2, 0) is 4.79 Å². The van der Waals surface area contributed by atoms with Crippen LogP contribution in [0.5, 0.6) is 11.5 Å². The van der Waals surface area contributed by atoms with Gasteiger partial charge in [-0.15, -0.1) is 0 Å². The van der Waals surface area contributed by atoms with Gasteiger partial charge in [0, 0.05) is 37.7 Å². The van der Waals surface area contributed by atoms with Gasteiger partial charge < -0.3 is 19.7 Å². The fourth-order valence-electron chi connectivity index (χ4n) is 4.07. The largest absolute Gasteiger partial charge is 0.497 e. The van der Waals surface area contributed by atoms with E-state index in [9.17, 15) is 31.9 Å². The van der Waals surface area contributed by atoms with Gasteiger partial charge in [0.05, 0.1) is 7.11 Å². The normalized spacial score (nSPS) is 14.7. The summed E-state index contributed by atoms with van der Waals surface area (Å²) in [5, 5.41) is 2.41. The second-order valence-electron chi connectivity index (χ2n) is 8.50. The summed E-state index contributed by atoms with van der Waals surface area (Å²) in [7, 11) is 3.06. The molecule has 2 heterocycles. The van der Waals surface area contributed by atoms with Gasteiger partial charge >= 0.3 is 13.2 Å². The van der Waals surface area contributed by atoms with Gasteiger partial charge in [0.1, 0.15) is 17.2 Å². The molecule has 0 radical (unpaired) electrons. The number of nitrogens with one attached hydrogen (secondary N) is 1. The zero-order valence-corrected chi connectivity index (χ0v) is 21.4. The van der Waals surface area contributed by atoms with Crippen molar-refractivity contribution in [2.24, 2.45) is 0 Å². The van der Waals surface area contributed by atoms with Crippen molar-refractivity contribution in [1.82, 2.24) is 9.88 Å². The van der Waals surface area contributed by atoms with E-state index < -0.39 is 18.7 Å². The Labute approximate surface area is 221 Å². The molecule has 1 N–H and O–H groups in total. The van der Waals surface area contributed by atoms with E-state index in [2.05, 4.69) is 10.1 Å². The maximum Gasteiger partial charge on any atom is 0.387 e. The Bertz CT molecular complexity index is 1350. The molecule has 1 aliphatic heterocycles. The number of carbonyl (C=O) groups excluding carboxylic acids is 2. The zero-order valence-electron chi connectivity index (χ0n) is 21.4. The first-order valence-electron chi connectivity index (χ1n) is 11.8. The molecular weight excluding hydrogens is 522 g/mol. The number of aryl methyl sites for hydroxylation is 1. The van der Waals surface area contributed by atoms with E-state index in [1.54, 1.807) is 26.2 Å². The number of nitrogens with zero attached hydrogens (tertiary/aromatic N) is 2. The summed E-state index contributed by atoms with van der Waals surface area (Å²) >= 11 is 0. The molecule has 208 valence electrons. The van der Waals surface area contributed by atoms with E-state index >= 15 is 0 Å². The van der Waals surface area contributed by atoms with Crippen LogP contribution < -0.4 is 25.2 Å². The van der Waals surface area contributed by atoms with E-state index in [0.29, 0.717) is 21.4 Å². The maximum absolute atomic E-state index is 13.0. The quantitative estimate of drug-likeness (QED) is 0.431. The molecule has 4 rings (SSSR count). The van der Waals surface area contributed by atoms with Crippen LogP contribution in [0.25, 0.3) is 0 Å². The first kappa shape index (κ1) is 29.2. The highest BCUT2D eigenvalue weighted by molar-refractivity contribution is 5.97. The number of ether oxygens (including phenoxy) is 2. The van der Waals surface area contributed by atoms with E-state index in [1.807, 2.05) is 12.1 Å². The Morgan fingerprint density at radius 2 is 1.59 bits per heavy atom. The van der Waals surface area contributed by atoms with Crippen LogP contribution in [0.1, 0.15) is 40.4 Å². The molecule has 39 heavy (non-hydrogen) atoms. The van der Waals surface area contributed by atoms with Crippen LogP contribution in [0, 0.1) is 6.92 Å². The number of alkyl halides is 4. The molecule has 1 fully saturated rings. The van der Waals surface area contributed by atoms with Crippen LogP contribution in [0.4, 0.5) is 23.2 Å². The summed E-state index contributed by atoms with van der Waals surface area (Å²) in [5.41, 5.74) is 1.03. The number of pyridine rings is 1. The molecule has 2 amide bonds. The molecule has 0 bridgehead atoms. The smallest absolute Gasteiger partial charge is 0.387 e. The zero-order chi connectivity index (χ0) is 28.7. The first-order valence-corrected chi connectivity index (χ1v) is 11.8. The van der Waals surface area contributed by atoms with Crippen molar-refractivity contribution < 1.29 is 36.6 Å². The molecule has 1 unspecified atom stereocenters. The van der Waals surface area contributed by atoms with Crippen LogP contribution >= 0.6 is 0 Å². The van der Waals surface area contributed by atoms with Crippen molar-refractivity contribution in [3.05, 3.63) is 87.8 Å². The minimum Gasteiger partial charge on any atom is -0.497 e. The van der Waals surface area contributed by atoms with Crippen molar-refractivity contribution in [3.63, 3.8) is 0 Å². The minimum atomic E-state index is -2.94. The SMILES string of the molecule is CNC(=O)c1ccc(OC(F)F)cc1.COc1ccc(C2CC(=O)N(c3c(C)ccn(C(F)F)c3=O)C2)cc1. The van der Waals surface area contributed by atoms with Crippen molar-refractivity contribution in [3.8, 4) is 11.5 Å². The Kier molecular flexibility index (Phi) is 9.69. The first-order chi connectivity index (χ1) is 18.5. The van der Waals surface area contributed by atoms with Crippen LogP contribution in [0.2, 0.25) is 0 Å². The average molecular weight is 550 g/mol. The molecular formula is C27H27F4N3O5. The van der Waals surface area contributed by atoms with Crippen molar-refractivity contribution in [2.45, 2.75) is 32.4 Å². The molecule has 1 saturated heterocycles. The van der Waals surface area contributed by atoms with E-state index in [1.165, 1.54) is 42.3 Å². The van der Waals surface area contributed by atoms with Gasteiger partial charge in [0.25, 0.3) is 11.5 Å². The van der Waals surface area contributed by atoms with Gasteiger partial charge in [-0.25, -0.2) is 0 Å². The number of carbonyl (C=O) groups is 2. The summed E-state index contributed by atoms with van der Waals surface area (Å²) < 4.78 is 59.0. The average Bonchev–Trinajstić information content (AvgIpc) is 3.29. The molecule has 1 aromatic heterocycles. The molecule has 0 saturated carbocycles. The summed E-state index contributed by atoms with van der Waals surface area (Å²) in [4.78, 5) is 37.2. The van der Waals surface area contributed by atoms with E-state index in [0.717, 1.165) is 11.8 Å². The van der Waals surface area contributed by atoms with Crippen LogP contribution in [-0.4, -0.2) is 43.7 Å². The van der Waals surface area contributed by atoms with Gasteiger partial charge in [-0.1, -0.05) is 12.1 Å². The standard InChI is InChI=1S/C18H18F2N2O3.C9H9F2NO2/c1-11-7-8-21(18(19)20)17(24)16(11)22-10-13(9-15(22)23)12-3-5-14(25-2)6-4-12;1-12-8(13)6-2-4-7(5-3-6)14-9(10)11/h3-8,13,18H,9-10H2,1-2H3;2-5,9H,1H3,(H,12,13). The fourth-order valence-corrected chi connectivity index (χ4v) is 4.07. The molecule has 0 aliphatic carbocycles. The summed E-state index contributed by atoms with van der Waals surface area (Å²) in [6.45, 7) is -3.86. The monoisotopic (exact) mass is 549 g/mol. The number of methoxy groups -OCH3 is 1. The molecule has 8 nitrogen and oxygen atoms in total. The van der Waals surface area contributed by atoms with Gasteiger partial charge in [-0.05, 0) is 60.5 Å². The Morgan fingerprint density at radius 1 is 0.974 bits per heavy atom. The molecule has 1 aliphatic rings. The third kappa shape index (κ3) is 7.15. The van der Waals surface area contributed by atoms with Crippen molar-refractivity contribution >= 4 is 17.5 Å². The predicted octanol–water partition coefficient (Wildman–Crippen LogP) is 4.73. The number of benzene rings is 2. The number of anilines is 1. The van der Waals surface area contributed by atoms with Gasteiger partial charge in [0.15, 0.2) is 0 Å². The number of rotatable bonds is 7. The summed E-state index contributed by atoms with van der Waals surface area (Å²) in [5.74, 6) is 0.135. The number of hydrogen-bond donors (Lipinski definition) is 1. The number of aromatic nitrogens is 1. The Hall–Kier alpha value is -4.35. The lowest BCUT2D eigenvalue weighted by atomic mass is 9.98. The van der Waals surface area contributed by atoms with Gasteiger partial charge in [0.2, 0.25) is 5.91 Å². The van der Waals surface area contributed by atoms with Crippen LogP contribution in [0.15, 0.2) is 65.6 Å². The Balaban J connectivity index is 0.000000255. The van der Waals surface area contributed by atoms with E-state index in [-0.39, 0.29) is 42.1 Å². The third-order valence-corrected chi connectivity index (χ3v) is 6.06. The molecule has 0 spiro atoms. The second-order valence-corrected chi connectivity index (χ2v) is 8.50. The van der Waals surface area contributed by atoms with Crippen LogP contribution in [0.3, 0.4) is 0 Å². The van der Waals surface area contributed by atoms with Gasteiger partial charge in [-0.3, -0.25) is 19.0 Å². The highest BCUT2D eigenvalue weighted by Gasteiger charge is 2.34. The lowest BCUT2D eigenvalue weighted by molar-refractivity contribution is -0.117. The minimum absolute atomic E-state index is 0.0313. The van der Waals surface area contributed by atoms with Crippen molar-refractivity contribution in [2.75, 3.05) is 25.6 Å². The molecule has 1 atom stereocenters. The summed E-state index contributed by atoms with van der Waals surface area (Å²) in [6.07, 6.45) is 1.28. The molecule has 2 aromatic carbocycles. The highest BCUT2D eigenvalue weighted by Crippen LogP contribution is 2.32. The Morgan fingerprint density at radius 3 is 2.13 bits per heavy atom.